The Labute approximate surface area is 117 Å². The zero-order valence-corrected chi connectivity index (χ0v) is 11.3. The number of carbonyl (C=O) groups is 2. The first-order valence-electron chi connectivity index (χ1n) is 6.99. The van der Waals surface area contributed by atoms with E-state index in [0.717, 1.165) is 18.7 Å². The number of hydrogen-bond acceptors (Lipinski definition) is 4. The Morgan fingerprint density at radius 1 is 1.25 bits per heavy atom. The fraction of sp³-hybridized carbons (Fsp3) is 0.375. The van der Waals surface area contributed by atoms with E-state index in [4.69, 9.17) is 4.74 Å². The largest absolute Gasteiger partial charge is 0.452 e. The first-order chi connectivity index (χ1) is 9.66. The lowest BCUT2D eigenvalue weighted by atomic mass is 9.84. The lowest BCUT2D eigenvalue weighted by Crippen LogP contribution is -2.42. The average Bonchev–Trinajstić information content (AvgIpc) is 2.75. The number of fused-ring (bicyclic) bond motifs is 4. The SMILES string of the molecule is C[C@@H]1OC(=O)C2=C1N1CCc3ccccc3C1CC2=O. The first-order valence-corrected chi connectivity index (χ1v) is 6.99. The Bertz CT molecular complexity index is 661. The maximum absolute atomic E-state index is 12.3. The van der Waals surface area contributed by atoms with Crippen molar-refractivity contribution in [3.05, 3.63) is 46.7 Å². The van der Waals surface area contributed by atoms with Crippen LogP contribution in [0.4, 0.5) is 0 Å². The lowest BCUT2D eigenvalue weighted by Gasteiger charge is -2.42. The molecule has 0 fully saturated rings. The molecule has 4 nitrogen and oxygen atoms in total. The van der Waals surface area contributed by atoms with Crippen molar-refractivity contribution < 1.29 is 14.3 Å². The molecular weight excluding hydrogens is 254 g/mol. The Kier molecular flexibility index (Phi) is 2.31. The van der Waals surface area contributed by atoms with E-state index in [1.807, 2.05) is 19.1 Å². The molecule has 0 amide bonds. The second-order valence-corrected chi connectivity index (χ2v) is 5.59. The maximum atomic E-state index is 12.3. The van der Waals surface area contributed by atoms with Gasteiger partial charge in [0.05, 0.1) is 11.7 Å². The quantitative estimate of drug-likeness (QED) is 0.532. The fourth-order valence-electron chi connectivity index (χ4n) is 3.65. The van der Waals surface area contributed by atoms with Gasteiger partial charge >= 0.3 is 5.97 Å². The highest BCUT2D eigenvalue weighted by atomic mass is 16.5. The fourth-order valence-corrected chi connectivity index (χ4v) is 3.65. The minimum Gasteiger partial charge on any atom is -0.452 e. The molecule has 0 aromatic heterocycles. The van der Waals surface area contributed by atoms with Gasteiger partial charge in [0.15, 0.2) is 5.78 Å². The van der Waals surface area contributed by atoms with Gasteiger partial charge in [-0.15, -0.1) is 0 Å². The molecule has 1 unspecified atom stereocenters. The van der Waals surface area contributed by atoms with Crippen molar-refractivity contribution in [1.29, 1.82) is 0 Å². The Hall–Kier alpha value is -2.10. The highest BCUT2D eigenvalue weighted by Crippen LogP contribution is 2.43. The second-order valence-electron chi connectivity index (χ2n) is 5.59. The second kappa shape index (κ2) is 3.95. The van der Waals surface area contributed by atoms with Crippen LogP contribution in [0.25, 0.3) is 0 Å². The molecule has 4 rings (SSSR count). The molecule has 0 N–H and O–H groups in total. The average molecular weight is 269 g/mol. The third-order valence-electron chi connectivity index (χ3n) is 4.51. The van der Waals surface area contributed by atoms with Gasteiger partial charge in [0.1, 0.15) is 11.7 Å². The number of Topliss-reactive ketones (excluding diaryl/α,β-unsaturated/α-hetero) is 1. The van der Waals surface area contributed by atoms with E-state index >= 15 is 0 Å². The van der Waals surface area contributed by atoms with Crippen molar-refractivity contribution >= 4 is 11.8 Å². The molecular formula is C16H15NO3. The number of ketones is 1. The van der Waals surface area contributed by atoms with E-state index < -0.39 is 5.97 Å². The van der Waals surface area contributed by atoms with Crippen molar-refractivity contribution in [1.82, 2.24) is 4.90 Å². The van der Waals surface area contributed by atoms with Crippen molar-refractivity contribution in [3.63, 3.8) is 0 Å². The van der Waals surface area contributed by atoms with Crippen LogP contribution in [-0.4, -0.2) is 29.3 Å². The molecule has 0 aliphatic carbocycles. The van der Waals surface area contributed by atoms with Gasteiger partial charge in [-0.3, -0.25) is 4.79 Å². The molecule has 0 bridgehead atoms. The van der Waals surface area contributed by atoms with Crippen LogP contribution in [0.2, 0.25) is 0 Å². The van der Waals surface area contributed by atoms with E-state index in [-0.39, 0.29) is 23.5 Å². The summed E-state index contributed by atoms with van der Waals surface area (Å²) in [7, 11) is 0. The summed E-state index contributed by atoms with van der Waals surface area (Å²) in [5.41, 5.74) is 3.60. The number of rotatable bonds is 0. The summed E-state index contributed by atoms with van der Waals surface area (Å²) < 4.78 is 5.24. The third-order valence-corrected chi connectivity index (χ3v) is 4.51. The summed E-state index contributed by atoms with van der Waals surface area (Å²) in [6, 6.07) is 8.32. The Balaban J connectivity index is 1.86. The molecule has 102 valence electrons. The van der Waals surface area contributed by atoms with E-state index in [9.17, 15) is 9.59 Å². The highest BCUT2D eigenvalue weighted by Gasteiger charge is 2.46. The number of hydrogen-bond donors (Lipinski definition) is 0. The van der Waals surface area contributed by atoms with Crippen LogP contribution in [0.1, 0.15) is 30.5 Å². The van der Waals surface area contributed by atoms with E-state index in [1.54, 1.807) is 0 Å². The molecule has 0 spiro atoms. The first kappa shape index (κ1) is 11.7. The minimum atomic E-state index is -0.449. The summed E-state index contributed by atoms with van der Waals surface area (Å²) in [6.07, 6.45) is 1.01. The van der Waals surface area contributed by atoms with Gasteiger partial charge in [0, 0.05) is 13.0 Å². The van der Waals surface area contributed by atoms with Gasteiger partial charge in [0.25, 0.3) is 0 Å². The van der Waals surface area contributed by atoms with Crippen LogP contribution >= 0.6 is 0 Å². The number of ether oxygens (including phenoxy) is 1. The number of benzene rings is 1. The predicted molar refractivity (Wildman–Crippen MR) is 71.8 cm³/mol. The van der Waals surface area contributed by atoms with E-state index in [1.165, 1.54) is 11.1 Å². The van der Waals surface area contributed by atoms with Crippen molar-refractivity contribution in [3.8, 4) is 0 Å². The molecule has 4 heteroatoms. The predicted octanol–water partition coefficient (Wildman–Crippen LogP) is 1.76. The number of carbonyl (C=O) groups excluding carboxylic acids is 2. The number of nitrogens with zero attached hydrogens (tertiary/aromatic N) is 1. The molecule has 1 aromatic rings. The Morgan fingerprint density at radius 3 is 2.90 bits per heavy atom. The Morgan fingerprint density at radius 2 is 2.05 bits per heavy atom. The zero-order valence-electron chi connectivity index (χ0n) is 11.3. The van der Waals surface area contributed by atoms with Gasteiger partial charge in [-0.1, -0.05) is 24.3 Å². The lowest BCUT2D eigenvalue weighted by molar-refractivity contribution is -0.140. The molecule has 3 aliphatic rings. The van der Waals surface area contributed by atoms with Crippen molar-refractivity contribution in [2.75, 3.05) is 6.54 Å². The van der Waals surface area contributed by atoms with Crippen LogP contribution in [0.15, 0.2) is 35.5 Å². The van der Waals surface area contributed by atoms with Gasteiger partial charge in [-0.2, -0.15) is 0 Å². The smallest absolute Gasteiger partial charge is 0.344 e. The summed E-state index contributed by atoms with van der Waals surface area (Å²) in [6.45, 7) is 2.69. The molecule has 0 saturated heterocycles. The summed E-state index contributed by atoms with van der Waals surface area (Å²) in [5.74, 6) is -0.526. The molecule has 3 aliphatic heterocycles. The number of esters is 1. The van der Waals surface area contributed by atoms with Crippen LogP contribution in [0.5, 0.6) is 0 Å². The molecule has 1 aromatic carbocycles. The maximum Gasteiger partial charge on any atom is 0.344 e. The van der Waals surface area contributed by atoms with Crippen LogP contribution in [0.3, 0.4) is 0 Å². The third kappa shape index (κ3) is 1.42. The van der Waals surface area contributed by atoms with Gasteiger partial charge in [-0.25, -0.2) is 4.79 Å². The van der Waals surface area contributed by atoms with Crippen molar-refractivity contribution in [2.45, 2.75) is 31.9 Å². The molecule has 20 heavy (non-hydrogen) atoms. The molecule has 3 heterocycles. The van der Waals surface area contributed by atoms with E-state index in [2.05, 4.69) is 17.0 Å². The molecule has 2 atom stereocenters. The summed E-state index contributed by atoms with van der Waals surface area (Å²) in [4.78, 5) is 26.3. The van der Waals surface area contributed by atoms with Crippen LogP contribution in [-0.2, 0) is 20.7 Å². The van der Waals surface area contributed by atoms with Gasteiger partial charge in [0.2, 0.25) is 0 Å². The van der Waals surface area contributed by atoms with Crippen molar-refractivity contribution in [2.24, 2.45) is 0 Å². The van der Waals surface area contributed by atoms with E-state index in [0.29, 0.717) is 6.42 Å². The summed E-state index contributed by atoms with van der Waals surface area (Å²) in [5, 5.41) is 0. The topological polar surface area (TPSA) is 46.6 Å². The number of cyclic esters (lactones) is 1. The van der Waals surface area contributed by atoms with Crippen LogP contribution < -0.4 is 0 Å². The molecule has 0 radical (unpaired) electrons. The summed E-state index contributed by atoms with van der Waals surface area (Å²) >= 11 is 0. The normalized spacial score (nSPS) is 27.9. The zero-order chi connectivity index (χ0) is 13.9. The highest BCUT2D eigenvalue weighted by molar-refractivity contribution is 6.20. The van der Waals surface area contributed by atoms with Gasteiger partial charge in [-0.05, 0) is 24.5 Å². The minimum absolute atomic E-state index is 0.0585. The standard InChI is InChI=1S/C16H15NO3/c1-9-15-14(16(19)20-9)13(18)8-12-11-5-3-2-4-10(11)6-7-17(12)15/h2-5,9,12H,6-8H2,1H3/t9-,12?/m0/s1. The monoisotopic (exact) mass is 269 g/mol. The van der Waals surface area contributed by atoms with Gasteiger partial charge < -0.3 is 9.64 Å². The molecule has 0 saturated carbocycles. The van der Waals surface area contributed by atoms with Crippen LogP contribution in [0, 0.1) is 0 Å².